The lowest BCUT2D eigenvalue weighted by molar-refractivity contribution is 0.291. The fraction of sp³-hybridized carbons (Fsp3) is 0.400. The highest BCUT2D eigenvalue weighted by atomic mass is 35.5. The molecule has 1 aromatic carbocycles. The van der Waals surface area contributed by atoms with Gasteiger partial charge in [-0.15, -0.1) is 0 Å². The average molecular weight is 294 g/mol. The van der Waals surface area contributed by atoms with Gasteiger partial charge in [0.25, 0.3) is 0 Å². The largest absolute Gasteiger partial charge is 0.487 e. The summed E-state index contributed by atoms with van der Waals surface area (Å²) in [5, 5.41) is 8.27. The third-order valence-corrected chi connectivity index (χ3v) is 3.66. The number of hydrogen-bond donors (Lipinski definition) is 1. The average Bonchev–Trinajstić information content (AvgIpc) is 2.69. The summed E-state index contributed by atoms with van der Waals surface area (Å²) in [5.41, 5.74) is 2.86. The molecule has 20 heavy (non-hydrogen) atoms. The van der Waals surface area contributed by atoms with E-state index in [1.165, 1.54) is 0 Å². The first-order chi connectivity index (χ1) is 9.63. The van der Waals surface area contributed by atoms with Crippen LogP contribution in [-0.4, -0.2) is 16.3 Å². The molecule has 0 unspecified atom stereocenters. The molecule has 1 N–H and O–H groups in total. The van der Waals surface area contributed by atoms with Crippen LogP contribution in [0.25, 0.3) is 0 Å². The van der Waals surface area contributed by atoms with Gasteiger partial charge in [0, 0.05) is 19.2 Å². The van der Waals surface area contributed by atoms with E-state index in [-0.39, 0.29) is 0 Å². The van der Waals surface area contributed by atoms with Gasteiger partial charge in [-0.3, -0.25) is 4.68 Å². The van der Waals surface area contributed by atoms with Crippen molar-refractivity contribution in [2.24, 2.45) is 7.05 Å². The lowest BCUT2D eigenvalue weighted by atomic mass is 10.2. The lowest BCUT2D eigenvalue weighted by Gasteiger charge is -2.12. The molecule has 0 radical (unpaired) electrons. The second-order valence-electron chi connectivity index (χ2n) is 4.65. The van der Waals surface area contributed by atoms with Gasteiger partial charge in [-0.1, -0.05) is 36.7 Å². The quantitative estimate of drug-likeness (QED) is 0.890. The van der Waals surface area contributed by atoms with Gasteiger partial charge in [-0.05, 0) is 19.5 Å². The lowest BCUT2D eigenvalue weighted by Crippen LogP contribution is -2.13. The molecule has 0 saturated carbocycles. The van der Waals surface area contributed by atoms with Gasteiger partial charge in [0.1, 0.15) is 12.4 Å². The zero-order valence-corrected chi connectivity index (χ0v) is 12.9. The first-order valence-electron chi connectivity index (χ1n) is 6.72. The van der Waals surface area contributed by atoms with Gasteiger partial charge in [0.15, 0.2) is 0 Å². The fourth-order valence-corrected chi connectivity index (χ4v) is 2.25. The SMILES string of the molecule is CCNCc1ccccc1OCc1c(Cl)c(C)nn1C. The highest BCUT2D eigenvalue weighted by molar-refractivity contribution is 6.31. The van der Waals surface area contributed by atoms with E-state index in [0.717, 1.165) is 35.8 Å². The van der Waals surface area contributed by atoms with Gasteiger partial charge in [0.2, 0.25) is 0 Å². The molecule has 0 bridgehead atoms. The van der Waals surface area contributed by atoms with Crippen LogP contribution >= 0.6 is 11.6 Å². The Morgan fingerprint density at radius 3 is 2.75 bits per heavy atom. The monoisotopic (exact) mass is 293 g/mol. The molecular formula is C15H20ClN3O. The van der Waals surface area contributed by atoms with E-state index in [0.29, 0.717) is 11.6 Å². The molecule has 1 heterocycles. The number of aromatic nitrogens is 2. The Hall–Kier alpha value is -1.52. The summed E-state index contributed by atoms with van der Waals surface area (Å²) in [7, 11) is 1.88. The summed E-state index contributed by atoms with van der Waals surface area (Å²) >= 11 is 6.23. The number of para-hydroxylation sites is 1. The van der Waals surface area contributed by atoms with Crippen LogP contribution in [-0.2, 0) is 20.2 Å². The molecule has 5 heteroatoms. The molecule has 0 atom stereocenters. The molecule has 0 spiro atoms. The Balaban J connectivity index is 2.10. The summed E-state index contributed by atoms with van der Waals surface area (Å²) in [6.45, 7) is 6.12. The molecule has 0 fully saturated rings. The Bertz CT molecular complexity index is 580. The molecule has 0 aliphatic carbocycles. The minimum atomic E-state index is 0.416. The zero-order valence-electron chi connectivity index (χ0n) is 12.1. The number of halogens is 1. The van der Waals surface area contributed by atoms with E-state index < -0.39 is 0 Å². The molecular weight excluding hydrogens is 274 g/mol. The van der Waals surface area contributed by atoms with E-state index in [2.05, 4.69) is 23.4 Å². The van der Waals surface area contributed by atoms with Gasteiger partial charge in [-0.2, -0.15) is 5.10 Å². The zero-order chi connectivity index (χ0) is 14.5. The van der Waals surface area contributed by atoms with Gasteiger partial charge >= 0.3 is 0 Å². The van der Waals surface area contributed by atoms with E-state index in [1.807, 2.05) is 32.2 Å². The molecule has 0 aliphatic heterocycles. The number of ether oxygens (including phenoxy) is 1. The van der Waals surface area contributed by atoms with Gasteiger partial charge in [-0.25, -0.2) is 0 Å². The maximum atomic E-state index is 6.23. The molecule has 1 aromatic heterocycles. The van der Waals surface area contributed by atoms with Crippen molar-refractivity contribution in [3.8, 4) is 5.75 Å². The Morgan fingerprint density at radius 2 is 2.10 bits per heavy atom. The Labute approximate surface area is 124 Å². The van der Waals surface area contributed by atoms with Crippen molar-refractivity contribution in [2.45, 2.75) is 27.0 Å². The minimum absolute atomic E-state index is 0.416. The molecule has 2 aromatic rings. The van der Waals surface area contributed by atoms with Crippen molar-refractivity contribution in [1.29, 1.82) is 0 Å². The van der Waals surface area contributed by atoms with Crippen LogP contribution in [0, 0.1) is 6.92 Å². The molecule has 108 valence electrons. The summed E-state index contributed by atoms with van der Waals surface area (Å²) in [6, 6.07) is 8.03. The second-order valence-corrected chi connectivity index (χ2v) is 5.02. The van der Waals surface area contributed by atoms with Crippen molar-refractivity contribution in [1.82, 2.24) is 15.1 Å². The molecule has 0 aliphatic rings. The number of nitrogens with zero attached hydrogens (tertiary/aromatic N) is 2. The van der Waals surface area contributed by atoms with Gasteiger partial charge in [0.05, 0.1) is 16.4 Å². The highest BCUT2D eigenvalue weighted by Crippen LogP contribution is 2.23. The summed E-state index contributed by atoms with van der Waals surface area (Å²) in [6.07, 6.45) is 0. The topological polar surface area (TPSA) is 39.1 Å². The summed E-state index contributed by atoms with van der Waals surface area (Å²) in [5.74, 6) is 0.878. The third-order valence-electron chi connectivity index (χ3n) is 3.16. The predicted molar refractivity (Wildman–Crippen MR) is 81.1 cm³/mol. The van der Waals surface area contributed by atoms with E-state index in [4.69, 9.17) is 16.3 Å². The second kappa shape index (κ2) is 6.77. The third kappa shape index (κ3) is 3.32. The number of hydrogen-bond acceptors (Lipinski definition) is 3. The van der Waals surface area contributed by atoms with Crippen molar-refractivity contribution in [3.63, 3.8) is 0 Å². The number of nitrogens with one attached hydrogen (secondary N) is 1. The minimum Gasteiger partial charge on any atom is -0.487 e. The fourth-order valence-electron chi connectivity index (χ4n) is 2.03. The van der Waals surface area contributed by atoms with Crippen molar-refractivity contribution >= 4 is 11.6 Å². The van der Waals surface area contributed by atoms with Crippen LogP contribution < -0.4 is 10.1 Å². The first-order valence-corrected chi connectivity index (χ1v) is 7.10. The van der Waals surface area contributed by atoms with Crippen molar-refractivity contribution in [3.05, 3.63) is 46.2 Å². The Kier molecular flexibility index (Phi) is 5.04. The van der Waals surface area contributed by atoms with Crippen molar-refractivity contribution < 1.29 is 4.74 Å². The van der Waals surface area contributed by atoms with E-state index in [1.54, 1.807) is 4.68 Å². The predicted octanol–water partition coefficient (Wildman–Crippen LogP) is 3.07. The molecule has 0 amide bonds. The maximum absolute atomic E-state index is 6.23. The van der Waals surface area contributed by atoms with Crippen LogP contribution in [0.1, 0.15) is 23.9 Å². The van der Waals surface area contributed by atoms with Crippen LogP contribution in [0.15, 0.2) is 24.3 Å². The van der Waals surface area contributed by atoms with Crippen LogP contribution in [0.2, 0.25) is 5.02 Å². The first kappa shape index (κ1) is 14.9. The van der Waals surface area contributed by atoms with Gasteiger partial charge < -0.3 is 10.1 Å². The van der Waals surface area contributed by atoms with E-state index >= 15 is 0 Å². The normalized spacial score (nSPS) is 10.8. The smallest absolute Gasteiger partial charge is 0.131 e. The van der Waals surface area contributed by atoms with E-state index in [9.17, 15) is 0 Å². The van der Waals surface area contributed by atoms with Crippen LogP contribution in [0.3, 0.4) is 0 Å². The Morgan fingerprint density at radius 1 is 1.35 bits per heavy atom. The standard InChI is InChI=1S/C15H20ClN3O/c1-4-17-9-12-7-5-6-8-14(12)20-10-13-15(16)11(2)18-19(13)3/h5-8,17H,4,9-10H2,1-3H3. The molecule has 4 nitrogen and oxygen atoms in total. The molecule has 2 rings (SSSR count). The molecule has 0 saturated heterocycles. The summed E-state index contributed by atoms with van der Waals surface area (Å²) < 4.78 is 7.68. The van der Waals surface area contributed by atoms with Crippen molar-refractivity contribution in [2.75, 3.05) is 6.54 Å². The van der Waals surface area contributed by atoms with Crippen LogP contribution in [0.4, 0.5) is 0 Å². The summed E-state index contributed by atoms with van der Waals surface area (Å²) in [4.78, 5) is 0. The number of benzene rings is 1. The number of aryl methyl sites for hydroxylation is 2. The highest BCUT2D eigenvalue weighted by Gasteiger charge is 2.12. The number of rotatable bonds is 6. The maximum Gasteiger partial charge on any atom is 0.131 e. The van der Waals surface area contributed by atoms with Crippen LogP contribution in [0.5, 0.6) is 5.75 Å².